The molecule has 1 N–H and O–H groups in total. The number of carbonyl (C=O) groups excluding carboxylic acids is 1. The highest BCUT2D eigenvalue weighted by Gasteiger charge is 2.11. The van der Waals surface area contributed by atoms with Gasteiger partial charge >= 0.3 is 0 Å². The summed E-state index contributed by atoms with van der Waals surface area (Å²) in [6, 6.07) is 15.3. The second-order valence-electron chi connectivity index (χ2n) is 5.48. The first-order chi connectivity index (χ1) is 12.1. The van der Waals surface area contributed by atoms with Crippen LogP contribution in [0.25, 0.3) is 10.9 Å². The van der Waals surface area contributed by atoms with E-state index >= 15 is 0 Å². The van der Waals surface area contributed by atoms with Gasteiger partial charge < -0.3 is 10.1 Å². The van der Waals surface area contributed by atoms with Crippen LogP contribution in [0.3, 0.4) is 0 Å². The second kappa shape index (κ2) is 7.76. The zero-order valence-corrected chi connectivity index (χ0v) is 15.4. The minimum atomic E-state index is -0.125. The molecule has 0 aliphatic heterocycles. The molecule has 2 aromatic carbocycles. The number of thioether (sulfide) groups is 1. The molecule has 0 unspecified atom stereocenters. The Hall–Kier alpha value is -2.24. The summed E-state index contributed by atoms with van der Waals surface area (Å²) in [7, 11) is 1.55. The maximum absolute atomic E-state index is 12.3. The van der Waals surface area contributed by atoms with Crippen molar-refractivity contribution < 1.29 is 9.53 Å². The number of methoxy groups -OCH3 is 1. The summed E-state index contributed by atoms with van der Waals surface area (Å²) in [5.41, 5.74) is 2.41. The number of amides is 1. The van der Waals surface area contributed by atoms with Crippen molar-refractivity contribution in [2.75, 3.05) is 18.2 Å². The number of fused-ring (bicyclic) bond motifs is 1. The summed E-state index contributed by atoms with van der Waals surface area (Å²) in [4.78, 5) is 16.8. The molecule has 0 aliphatic carbocycles. The lowest BCUT2D eigenvalue weighted by Crippen LogP contribution is -2.15. The molecule has 0 saturated carbocycles. The molecule has 25 heavy (non-hydrogen) atoms. The predicted molar refractivity (Wildman–Crippen MR) is 104 cm³/mol. The van der Waals surface area contributed by atoms with E-state index in [9.17, 15) is 4.79 Å². The highest BCUT2D eigenvalue weighted by molar-refractivity contribution is 7.99. The first-order valence-electron chi connectivity index (χ1n) is 7.69. The van der Waals surface area contributed by atoms with Crippen LogP contribution in [0, 0.1) is 6.92 Å². The number of aromatic nitrogens is 1. The quantitative estimate of drug-likeness (QED) is 0.645. The van der Waals surface area contributed by atoms with Crippen molar-refractivity contribution in [3.8, 4) is 5.75 Å². The zero-order valence-electron chi connectivity index (χ0n) is 13.9. The lowest BCUT2D eigenvalue weighted by molar-refractivity contribution is -0.113. The van der Waals surface area contributed by atoms with E-state index in [0.29, 0.717) is 16.5 Å². The van der Waals surface area contributed by atoms with Crippen LogP contribution in [0.15, 0.2) is 53.6 Å². The van der Waals surface area contributed by atoms with E-state index in [0.717, 1.165) is 21.5 Å². The number of halogens is 1. The monoisotopic (exact) mass is 372 g/mol. The molecule has 1 heterocycles. The van der Waals surface area contributed by atoms with Gasteiger partial charge in [-0.1, -0.05) is 47.6 Å². The van der Waals surface area contributed by atoms with Gasteiger partial charge in [-0.25, -0.2) is 4.98 Å². The normalized spacial score (nSPS) is 10.7. The third kappa shape index (κ3) is 4.24. The summed E-state index contributed by atoms with van der Waals surface area (Å²) in [5, 5.41) is 5.36. The van der Waals surface area contributed by atoms with Crippen molar-refractivity contribution in [2.45, 2.75) is 11.9 Å². The van der Waals surface area contributed by atoms with Crippen molar-refractivity contribution in [3.05, 3.63) is 59.1 Å². The molecule has 6 heteroatoms. The summed E-state index contributed by atoms with van der Waals surface area (Å²) >= 11 is 7.48. The number of pyridine rings is 1. The van der Waals surface area contributed by atoms with Gasteiger partial charge in [-0.15, -0.1) is 0 Å². The van der Waals surface area contributed by atoms with Crippen LogP contribution in [-0.4, -0.2) is 23.8 Å². The highest BCUT2D eigenvalue weighted by atomic mass is 35.5. The van der Waals surface area contributed by atoms with Crippen molar-refractivity contribution in [3.63, 3.8) is 0 Å². The van der Waals surface area contributed by atoms with E-state index < -0.39 is 0 Å². The second-order valence-corrected chi connectivity index (χ2v) is 6.88. The number of nitrogens with one attached hydrogen (secondary N) is 1. The van der Waals surface area contributed by atoms with Crippen molar-refractivity contribution in [1.29, 1.82) is 0 Å². The zero-order chi connectivity index (χ0) is 17.8. The van der Waals surface area contributed by atoms with Crippen molar-refractivity contribution >= 4 is 45.9 Å². The third-order valence-electron chi connectivity index (χ3n) is 3.68. The lowest BCUT2D eigenvalue weighted by atomic mass is 10.2. The summed E-state index contributed by atoms with van der Waals surface area (Å²) in [6.07, 6.45) is 0. The van der Waals surface area contributed by atoms with Gasteiger partial charge in [-0.05, 0) is 30.7 Å². The number of ether oxygens (including phenoxy) is 1. The standard InChI is InChI=1S/C19H17ClN2O2S/c1-12-9-16(17(24-2)10-14(12)20)21-18(23)11-25-19-8-7-13-5-3-4-6-15(13)22-19/h3-10H,11H2,1-2H3,(H,21,23). The predicted octanol–water partition coefficient (Wildman–Crippen LogP) is 4.94. The molecule has 3 aromatic rings. The van der Waals surface area contributed by atoms with E-state index in [1.54, 1.807) is 19.2 Å². The summed E-state index contributed by atoms with van der Waals surface area (Å²) < 4.78 is 5.27. The summed E-state index contributed by atoms with van der Waals surface area (Å²) in [6.45, 7) is 1.88. The fourth-order valence-corrected chi connectivity index (χ4v) is 3.22. The van der Waals surface area contributed by atoms with E-state index in [2.05, 4.69) is 10.3 Å². The van der Waals surface area contributed by atoms with E-state index in [-0.39, 0.29) is 11.7 Å². The maximum atomic E-state index is 12.3. The van der Waals surface area contributed by atoms with Gasteiger partial charge in [0.25, 0.3) is 0 Å². The van der Waals surface area contributed by atoms with Gasteiger partial charge in [0, 0.05) is 16.5 Å². The fraction of sp³-hybridized carbons (Fsp3) is 0.158. The molecule has 0 atom stereocenters. The minimum absolute atomic E-state index is 0.125. The molecule has 0 fully saturated rings. The highest BCUT2D eigenvalue weighted by Crippen LogP contribution is 2.31. The van der Waals surface area contributed by atoms with Gasteiger partial charge in [0.1, 0.15) is 5.75 Å². The molecule has 0 aliphatic rings. The van der Waals surface area contributed by atoms with Gasteiger partial charge in [0.2, 0.25) is 5.91 Å². The molecule has 0 saturated heterocycles. The van der Waals surface area contributed by atoms with Crippen molar-refractivity contribution in [1.82, 2.24) is 4.98 Å². The van der Waals surface area contributed by atoms with Crippen LogP contribution in [0.1, 0.15) is 5.56 Å². The van der Waals surface area contributed by atoms with Crippen LogP contribution in [0.2, 0.25) is 5.02 Å². The van der Waals surface area contributed by atoms with Crippen molar-refractivity contribution in [2.24, 2.45) is 0 Å². The number of hydrogen-bond donors (Lipinski definition) is 1. The molecule has 3 rings (SSSR count). The van der Waals surface area contributed by atoms with Crippen LogP contribution >= 0.6 is 23.4 Å². The number of benzene rings is 2. The van der Waals surface area contributed by atoms with Gasteiger partial charge in [0.05, 0.1) is 29.1 Å². The first-order valence-corrected chi connectivity index (χ1v) is 9.06. The number of aryl methyl sites for hydroxylation is 1. The number of anilines is 1. The molecular weight excluding hydrogens is 356 g/mol. The molecule has 4 nitrogen and oxygen atoms in total. The Morgan fingerprint density at radius 3 is 2.84 bits per heavy atom. The van der Waals surface area contributed by atoms with E-state index in [4.69, 9.17) is 16.3 Å². The summed E-state index contributed by atoms with van der Waals surface area (Å²) in [5.74, 6) is 0.675. The Morgan fingerprint density at radius 1 is 1.24 bits per heavy atom. The Morgan fingerprint density at radius 2 is 2.04 bits per heavy atom. The van der Waals surface area contributed by atoms with Gasteiger partial charge in [-0.2, -0.15) is 0 Å². The Bertz CT molecular complexity index is 930. The number of para-hydroxylation sites is 1. The lowest BCUT2D eigenvalue weighted by Gasteiger charge is -2.12. The third-order valence-corrected chi connectivity index (χ3v) is 5.02. The van der Waals surface area contributed by atoms with Crippen LogP contribution in [0.4, 0.5) is 5.69 Å². The number of hydrogen-bond acceptors (Lipinski definition) is 4. The van der Waals surface area contributed by atoms with Crippen LogP contribution < -0.4 is 10.1 Å². The molecule has 0 radical (unpaired) electrons. The average Bonchev–Trinajstić information content (AvgIpc) is 2.62. The van der Waals surface area contributed by atoms with E-state index in [1.165, 1.54) is 11.8 Å². The Labute approximate surface area is 155 Å². The topological polar surface area (TPSA) is 51.2 Å². The van der Waals surface area contributed by atoms with Gasteiger partial charge in [0.15, 0.2) is 0 Å². The molecule has 0 spiro atoms. The number of nitrogens with zero attached hydrogens (tertiary/aromatic N) is 1. The first kappa shape index (κ1) is 17.6. The average molecular weight is 373 g/mol. The molecule has 1 aromatic heterocycles. The number of rotatable bonds is 5. The van der Waals surface area contributed by atoms with Crippen LogP contribution in [-0.2, 0) is 4.79 Å². The molecule has 128 valence electrons. The minimum Gasteiger partial charge on any atom is -0.495 e. The SMILES string of the molecule is COc1cc(Cl)c(C)cc1NC(=O)CSc1ccc2ccccc2n1. The smallest absolute Gasteiger partial charge is 0.234 e. The van der Waals surface area contributed by atoms with E-state index in [1.807, 2.05) is 43.3 Å². The molecular formula is C19H17ClN2O2S. The largest absolute Gasteiger partial charge is 0.495 e. The molecule has 0 bridgehead atoms. The fourth-order valence-electron chi connectivity index (χ4n) is 2.38. The van der Waals surface area contributed by atoms with Gasteiger partial charge in [-0.3, -0.25) is 4.79 Å². The number of carbonyl (C=O) groups is 1. The Balaban J connectivity index is 1.67. The maximum Gasteiger partial charge on any atom is 0.234 e. The van der Waals surface area contributed by atoms with Crippen LogP contribution in [0.5, 0.6) is 5.75 Å². The Kier molecular flexibility index (Phi) is 5.46. The molecule has 1 amide bonds.